The lowest BCUT2D eigenvalue weighted by atomic mass is 10.1. The van der Waals surface area contributed by atoms with Crippen LogP contribution in [0.4, 0.5) is 4.79 Å². The van der Waals surface area contributed by atoms with Gasteiger partial charge in [-0.3, -0.25) is 9.59 Å². The van der Waals surface area contributed by atoms with Crippen LogP contribution in [0.1, 0.15) is 42.4 Å². The molecule has 0 bridgehead atoms. The first kappa shape index (κ1) is 25.0. The van der Waals surface area contributed by atoms with Crippen LogP contribution in [0, 0.1) is 23.2 Å². The molecule has 2 aromatic carbocycles. The van der Waals surface area contributed by atoms with Crippen molar-refractivity contribution in [3.8, 4) is 17.9 Å². The summed E-state index contributed by atoms with van der Waals surface area (Å²) in [5, 5.41) is 22.8. The zero-order chi connectivity index (χ0) is 23.9. The molecule has 0 fully saturated rings. The van der Waals surface area contributed by atoms with Crippen LogP contribution in [-0.2, 0) is 20.9 Å². The zero-order valence-electron chi connectivity index (χ0n) is 18.0. The number of amides is 2. The molecule has 0 saturated carbocycles. The van der Waals surface area contributed by atoms with Gasteiger partial charge >= 0.3 is 12.1 Å². The van der Waals surface area contributed by atoms with Crippen molar-refractivity contribution in [3.63, 3.8) is 0 Å². The molecule has 0 saturated heterocycles. The largest absolute Gasteiger partial charge is 0.481 e. The van der Waals surface area contributed by atoms with Crippen LogP contribution in [0.15, 0.2) is 54.6 Å². The predicted octanol–water partition coefficient (Wildman–Crippen LogP) is 2.97. The summed E-state index contributed by atoms with van der Waals surface area (Å²) >= 11 is 0. The summed E-state index contributed by atoms with van der Waals surface area (Å²) in [4.78, 5) is 35.4. The van der Waals surface area contributed by atoms with Crippen LogP contribution < -0.4 is 10.6 Å². The average Bonchev–Trinajstić information content (AvgIpc) is 2.83. The first-order chi connectivity index (χ1) is 16.0. The lowest BCUT2D eigenvalue weighted by Gasteiger charge is -2.17. The maximum Gasteiger partial charge on any atom is 0.408 e. The molecule has 2 aromatic rings. The number of carbonyl (C=O) groups excluding carboxylic acids is 2. The molecule has 1 atom stereocenters. The van der Waals surface area contributed by atoms with Gasteiger partial charge in [0.05, 0.1) is 11.6 Å². The highest BCUT2D eigenvalue weighted by atomic mass is 16.5. The van der Waals surface area contributed by atoms with E-state index >= 15 is 0 Å². The SMILES string of the molecule is N#Cc1ccc(C#CCCCNC(=O)C(CCC(=O)O)NC(=O)OCc2ccccc2)cc1. The molecule has 33 heavy (non-hydrogen) atoms. The molecule has 0 radical (unpaired) electrons. The Morgan fingerprint density at radius 3 is 2.39 bits per heavy atom. The van der Waals surface area contributed by atoms with Crippen molar-refractivity contribution in [2.45, 2.75) is 38.3 Å². The number of hydrogen-bond donors (Lipinski definition) is 3. The molecule has 2 rings (SSSR count). The first-order valence-electron chi connectivity index (χ1n) is 10.4. The lowest BCUT2D eigenvalue weighted by molar-refractivity contribution is -0.137. The number of hydrogen-bond acceptors (Lipinski definition) is 5. The van der Waals surface area contributed by atoms with E-state index in [0.29, 0.717) is 24.9 Å². The molecule has 0 aliphatic heterocycles. The van der Waals surface area contributed by atoms with Crippen LogP contribution in [0.5, 0.6) is 0 Å². The molecular weight excluding hydrogens is 422 g/mol. The van der Waals surface area contributed by atoms with E-state index in [2.05, 4.69) is 22.5 Å². The molecule has 0 aliphatic rings. The van der Waals surface area contributed by atoms with Crippen molar-refractivity contribution >= 4 is 18.0 Å². The smallest absolute Gasteiger partial charge is 0.408 e. The van der Waals surface area contributed by atoms with Gasteiger partial charge in [0, 0.05) is 24.9 Å². The minimum absolute atomic E-state index is 0.0395. The van der Waals surface area contributed by atoms with Crippen LogP contribution in [-0.4, -0.2) is 35.7 Å². The second-order valence-corrected chi connectivity index (χ2v) is 7.08. The van der Waals surface area contributed by atoms with E-state index in [4.69, 9.17) is 15.1 Å². The van der Waals surface area contributed by atoms with Gasteiger partial charge in [-0.05, 0) is 42.7 Å². The molecule has 3 N–H and O–H groups in total. The van der Waals surface area contributed by atoms with Gasteiger partial charge in [0.1, 0.15) is 12.6 Å². The van der Waals surface area contributed by atoms with Crippen molar-refractivity contribution in [3.05, 3.63) is 71.3 Å². The van der Waals surface area contributed by atoms with Crippen molar-refractivity contribution in [2.75, 3.05) is 6.54 Å². The van der Waals surface area contributed by atoms with Crippen molar-refractivity contribution < 1.29 is 24.2 Å². The fourth-order valence-corrected chi connectivity index (χ4v) is 2.75. The molecule has 8 nitrogen and oxygen atoms in total. The van der Waals surface area contributed by atoms with Crippen LogP contribution in [0.3, 0.4) is 0 Å². The Morgan fingerprint density at radius 2 is 1.73 bits per heavy atom. The summed E-state index contributed by atoms with van der Waals surface area (Å²) < 4.78 is 5.12. The van der Waals surface area contributed by atoms with E-state index in [1.165, 1.54) is 0 Å². The maximum atomic E-state index is 12.4. The van der Waals surface area contributed by atoms with Crippen molar-refractivity contribution in [1.82, 2.24) is 10.6 Å². The summed E-state index contributed by atoms with van der Waals surface area (Å²) in [6, 6.07) is 17.0. The molecular formula is C25H25N3O5. The highest BCUT2D eigenvalue weighted by molar-refractivity contribution is 5.86. The average molecular weight is 447 g/mol. The Morgan fingerprint density at radius 1 is 1.03 bits per heavy atom. The molecule has 8 heteroatoms. The van der Waals surface area contributed by atoms with Crippen molar-refractivity contribution in [1.29, 1.82) is 5.26 Å². The normalized spacial score (nSPS) is 10.6. The standard InChI is InChI=1S/C25H25N3O5/c26-17-20-12-10-19(11-13-20)7-5-2-6-16-27-24(31)22(14-15-23(29)30)28-25(32)33-18-21-8-3-1-4-9-21/h1,3-4,8-13,22H,2,6,14-16,18H2,(H,27,31)(H,28,32)(H,29,30). The van der Waals surface area contributed by atoms with E-state index in [0.717, 1.165) is 11.1 Å². The number of alkyl carbamates (subject to hydrolysis) is 1. The first-order valence-corrected chi connectivity index (χ1v) is 10.4. The Bertz CT molecular complexity index is 1030. The Balaban J connectivity index is 1.77. The number of nitrogens with one attached hydrogen (secondary N) is 2. The van der Waals surface area contributed by atoms with Gasteiger partial charge in [0.2, 0.25) is 5.91 Å². The second-order valence-electron chi connectivity index (χ2n) is 7.08. The minimum atomic E-state index is -1.06. The number of rotatable bonds is 10. The molecule has 0 spiro atoms. The number of carbonyl (C=O) groups is 3. The fraction of sp³-hybridized carbons (Fsp3) is 0.280. The number of carboxylic acid groups (broad SMARTS) is 1. The Hall–Kier alpha value is -4.30. The molecule has 0 aromatic heterocycles. The number of nitrogens with zero attached hydrogens (tertiary/aromatic N) is 1. The van der Waals surface area contributed by atoms with Crippen molar-refractivity contribution in [2.24, 2.45) is 0 Å². The lowest BCUT2D eigenvalue weighted by Crippen LogP contribution is -2.47. The van der Waals surface area contributed by atoms with Gasteiger partial charge in [-0.1, -0.05) is 42.2 Å². The molecule has 170 valence electrons. The summed E-state index contributed by atoms with van der Waals surface area (Å²) in [7, 11) is 0. The highest BCUT2D eigenvalue weighted by Gasteiger charge is 2.22. The number of ether oxygens (including phenoxy) is 1. The van der Waals surface area contributed by atoms with Gasteiger partial charge in [-0.25, -0.2) is 4.79 Å². The van der Waals surface area contributed by atoms with E-state index < -0.39 is 24.0 Å². The van der Waals surface area contributed by atoms with E-state index in [1.807, 2.05) is 24.3 Å². The molecule has 1 unspecified atom stereocenters. The summed E-state index contributed by atoms with van der Waals surface area (Å²) in [5.74, 6) is 4.43. The van der Waals surface area contributed by atoms with Gasteiger partial charge in [0.25, 0.3) is 0 Å². The van der Waals surface area contributed by atoms with Crippen LogP contribution in [0.2, 0.25) is 0 Å². The second kappa shape index (κ2) is 13.9. The molecule has 0 heterocycles. The molecule has 0 aliphatic carbocycles. The third-order valence-electron chi connectivity index (χ3n) is 4.49. The Kier molecular flexibility index (Phi) is 10.5. The number of aliphatic carboxylic acids is 1. The highest BCUT2D eigenvalue weighted by Crippen LogP contribution is 2.04. The third-order valence-corrected chi connectivity index (χ3v) is 4.49. The third kappa shape index (κ3) is 10.0. The van der Waals surface area contributed by atoms with Gasteiger partial charge < -0.3 is 20.5 Å². The summed E-state index contributed by atoms with van der Waals surface area (Å²) in [6.07, 6.45) is -0.00318. The quantitative estimate of drug-likeness (QED) is 0.379. The predicted molar refractivity (Wildman–Crippen MR) is 121 cm³/mol. The summed E-state index contributed by atoms with van der Waals surface area (Å²) in [6.45, 7) is 0.364. The number of benzene rings is 2. The fourth-order valence-electron chi connectivity index (χ4n) is 2.75. The van der Waals surface area contributed by atoms with Gasteiger partial charge in [-0.15, -0.1) is 0 Å². The van der Waals surface area contributed by atoms with Gasteiger partial charge in [0.15, 0.2) is 0 Å². The Labute approximate surface area is 192 Å². The van der Waals surface area contributed by atoms with E-state index in [1.54, 1.807) is 36.4 Å². The van der Waals surface area contributed by atoms with Crippen LogP contribution >= 0.6 is 0 Å². The van der Waals surface area contributed by atoms with E-state index in [9.17, 15) is 14.4 Å². The van der Waals surface area contributed by atoms with Gasteiger partial charge in [-0.2, -0.15) is 5.26 Å². The number of unbranched alkanes of at least 4 members (excludes halogenated alkanes) is 1. The summed E-state index contributed by atoms with van der Waals surface area (Å²) in [5.41, 5.74) is 2.16. The minimum Gasteiger partial charge on any atom is -0.481 e. The number of carboxylic acids is 1. The zero-order valence-corrected chi connectivity index (χ0v) is 18.0. The monoisotopic (exact) mass is 447 g/mol. The number of nitriles is 1. The maximum absolute atomic E-state index is 12.4. The molecule has 2 amide bonds. The van der Waals surface area contributed by atoms with Crippen LogP contribution in [0.25, 0.3) is 0 Å². The topological polar surface area (TPSA) is 129 Å². The van der Waals surface area contributed by atoms with E-state index in [-0.39, 0.29) is 19.4 Å².